The fourth-order valence-electron chi connectivity index (χ4n) is 2.15. The van der Waals surface area contributed by atoms with Gasteiger partial charge in [-0.05, 0) is 19.1 Å². The number of hydrogen-bond donors (Lipinski definition) is 2. The van der Waals surface area contributed by atoms with E-state index in [4.69, 9.17) is 4.74 Å². The van der Waals surface area contributed by atoms with Crippen LogP contribution in [-0.4, -0.2) is 48.7 Å². The third-order valence-corrected chi connectivity index (χ3v) is 3.11. The molecule has 0 spiro atoms. The first-order valence-corrected chi connectivity index (χ1v) is 6.02. The lowest BCUT2D eigenvalue weighted by Crippen LogP contribution is -2.51. The molecule has 98 valence electrons. The highest BCUT2D eigenvalue weighted by Gasteiger charge is 2.24. The van der Waals surface area contributed by atoms with Crippen LogP contribution in [0.1, 0.15) is 17.3 Å². The van der Waals surface area contributed by atoms with Gasteiger partial charge in [0, 0.05) is 25.7 Å². The van der Waals surface area contributed by atoms with Crippen molar-refractivity contribution in [1.29, 1.82) is 0 Å². The molecule has 0 radical (unpaired) electrons. The van der Waals surface area contributed by atoms with E-state index < -0.39 is 0 Å². The van der Waals surface area contributed by atoms with E-state index in [1.165, 1.54) is 7.11 Å². The van der Waals surface area contributed by atoms with Crippen molar-refractivity contribution < 1.29 is 14.6 Å². The van der Waals surface area contributed by atoms with E-state index in [1.54, 1.807) is 23.1 Å². The van der Waals surface area contributed by atoms with Gasteiger partial charge in [-0.1, -0.05) is 6.07 Å². The second-order valence-corrected chi connectivity index (χ2v) is 4.46. The molecule has 2 N–H and O–H groups in total. The number of hydrogen-bond acceptors (Lipinski definition) is 4. The minimum Gasteiger partial charge on any atom is -0.504 e. The van der Waals surface area contributed by atoms with E-state index in [2.05, 4.69) is 5.32 Å². The number of nitrogens with zero attached hydrogens (tertiary/aromatic N) is 1. The number of aromatic hydroxyl groups is 1. The summed E-state index contributed by atoms with van der Waals surface area (Å²) in [5.74, 6) is 0.0833. The number of benzene rings is 1. The van der Waals surface area contributed by atoms with Gasteiger partial charge in [-0.15, -0.1) is 0 Å². The molecule has 5 nitrogen and oxygen atoms in total. The zero-order valence-electron chi connectivity index (χ0n) is 10.6. The molecule has 0 aliphatic carbocycles. The number of nitrogens with one attached hydrogen (secondary N) is 1. The van der Waals surface area contributed by atoms with Crippen LogP contribution in [0.15, 0.2) is 18.2 Å². The number of methoxy groups -OCH3 is 1. The smallest absolute Gasteiger partial charge is 0.257 e. The second kappa shape index (κ2) is 5.27. The summed E-state index contributed by atoms with van der Waals surface area (Å²) in [4.78, 5) is 14.1. The Hall–Kier alpha value is -1.75. The summed E-state index contributed by atoms with van der Waals surface area (Å²) in [6.07, 6.45) is 0. The minimum atomic E-state index is -0.153. The summed E-state index contributed by atoms with van der Waals surface area (Å²) in [6.45, 7) is 4.11. The number of para-hydroxylation sites is 1. The lowest BCUT2D eigenvalue weighted by atomic mass is 10.1. The van der Waals surface area contributed by atoms with Crippen LogP contribution in [0.25, 0.3) is 0 Å². The third-order valence-electron chi connectivity index (χ3n) is 3.11. The monoisotopic (exact) mass is 250 g/mol. The predicted octanol–water partition coefficient (Wildman–Crippen LogP) is 0.835. The number of phenols is 1. The molecule has 1 amide bonds. The average Bonchev–Trinajstić information content (AvgIpc) is 2.38. The molecule has 0 saturated carbocycles. The Bertz CT molecular complexity index is 448. The molecule has 0 unspecified atom stereocenters. The maximum atomic E-state index is 12.3. The minimum absolute atomic E-state index is 0.0869. The summed E-state index contributed by atoms with van der Waals surface area (Å²) < 4.78 is 5.01. The standard InChI is InChI=1S/C13H18N2O3/c1-9-8-15(7-6-14-9)13(17)10-4-3-5-11(18-2)12(10)16/h3-5,9,14,16H,6-8H2,1-2H3/t9-/m0/s1. The van der Waals surface area contributed by atoms with Crippen LogP contribution in [0.3, 0.4) is 0 Å². The molecule has 1 heterocycles. The van der Waals surface area contributed by atoms with E-state index in [9.17, 15) is 9.90 Å². The first kappa shape index (κ1) is 12.7. The van der Waals surface area contributed by atoms with Gasteiger partial charge in [0.15, 0.2) is 11.5 Å². The Morgan fingerprint density at radius 1 is 1.56 bits per heavy atom. The second-order valence-electron chi connectivity index (χ2n) is 4.46. The summed E-state index contributed by atoms with van der Waals surface area (Å²) in [6, 6.07) is 5.23. The highest BCUT2D eigenvalue weighted by Crippen LogP contribution is 2.30. The van der Waals surface area contributed by atoms with Crippen molar-refractivity contribution in [2.45, 2.75) is 13.0 Å². The summed E-state index contributed by atoms with van der Waals surface area (Å²) in [7, 11) is 1.47. The molecule has 2 rings (SSSR count). The number of rotatable bonds is 2. The molecule has 1 saturated heterocycles. The fraction of sp³-hybridized carbons (Fsp3) is 0.462. The molecular formula is C13H18N2O3. The van der Waals surface area contributed by atoms with Crippen molar-refractivity contribution in [3.8, 4) is 11.5 Å². The van der Waals surface area contributed by atoms with Gasteiger partial charge in [0.2, 0.25) is 0 Å². The first-order chi connectivity index (χ1) is 8.63. The van der Waals surface area contributed by atoms with Crippen molar-refractivity contribution in [1.82, 2.24) is 10.2 Å². The van der Waals surface area contributed by atoms with Crippen molar-refractivity contribution in [2.24, 2.45) is 0 Å². The lowest BCUT2D eigenvalue weighted by Gasteiger charge is -2.32. The molecule has 1 atom stereocenters. The van der Waals surface area contributed by atoms with Crippen LogP contribution in [0.2, 0.25) is 0 Å². The fourth-order valence-corrected chi connectivity index (χ4v) is 2.15. The molecule has 1 fully saturated rings. The highest BCUT2D eigenvalue weighted by molar-refractivity contribution is 5.97. The molecule has 1 aromatic rings. The summed E-state index contributed by atoms with van der Waals surface area (Å²) in [5, 5.41) is 13.2. The van der Waals surface area contributed by atoms with Gasteiger partial charge in [-0.3, -0.25) is 4.79 Å². The molecule has 1 aliphatic rings. The predicted molar refractivity (Wildman–Crippen MR) is 68.0 cm³/mol. The van der Waals surface area contributed by atoms with Crippen LogP contribution >= 0.6 is 0 Å². The number of carbonyl (C=O) groups excluding carboxylic acids is 1. The molecule has 5 heteroatoms. The highest BCUT2D eigenvalue weighted by atomic mass is 16.5. The van der Waals surface area contributed by atoms with Gasteiger partial charge >= 0.3 is 0 Å². The van der Waals surface area contributed by atoms with Gasteiger partial charge in [-0.25, -0.2) is 0 Å². The van der Waals surface area contributed by atoms with Crippen LogP contribution in [0.5, 0.6) is 11.5 Å². The zero-order valence-corrected chi connectivity index (χ0v) is 10.6. The SMILES string of the molecule is COc1cccc(C(=O)N2CCN[C@@H](C)C2)c1O. The largest absolute Gasteiger partial charge is 0.504 e. The van der Waals surface area contributed by atoms with Gasteiger partial charge in [0.1, 0.15) is 0 Å². The van der Waals surface area contributed by atoms with Crippen molar-refractivity contribution >= 4 is 5.91 Å². The molecule has 18 heavy (non-hydrogen) atoms. The molecule has 1 aliphatic heterocycles. The van der Waals surface area contributed by atoms with E-state index >= 15 is 0 Å². The quantitative estimate of drug-likeness (QED) is 0.816. The zero-order chi connectivity index (χ0) is 13.1. The van der Waals surface area contributed by atoms with Crippen molar-refractivity contribution in [2.75, 3.05) is 26.7 Å². The van der Waals surface area contributed by atoms with Crippen LogP contribution in [0, 0.1) is 0 Å². The topological polar surface area (TPSA) is 61.8 Å². The number of amides is 1. The summed E-state index contributed by atoms with van der Waals surface area (Å²) >= 11 is 0. The molecule has 0 bridgehead atoms. The van der Waals surface area contributed by atoms with E-state index in [1.807, 2.05) is 6.92 Å². The Labute approximate surface area is 106 Å². The normalized spacial score (nSPS) is 19.7. The van der Waals surface area contributed by atoms with Gasteiger partial charge in [0.25, 0.3) is 5.91 Å². The van der Waals surface area contributed by atoms with Gasteiger partial charge < -0.3 is 20.1 Å². The lowest BCUT2D eigenvalue weighted by molar-refractivity contribution is 0.0705. The van der Waals surface area contributed by atoms with Crippen molar-refractivity contribution in [3.05, 3.63) is 23.8 Å². The molecule has 1 aromatic carbocycles. The van der Waals surface area contributed by atoms with Gasteiger partial charge in [0.05, 0.1) is 12.7 Å². The number of carbonyl (C=O) groups is 1. The number of piperazine rings is 1. The van der Waals surface area contributed by atoms with E-state index in [-0.39, 0.29) is 17.7 Å². The Balaban J connectivity index is 2.23. The molecule has 0 aromatic heterocycles. The van der Waals surface area contributed by atoms with Crippen molar-refractivity contribution in [3.63, 3.8) is 0 Å². The summed E-state index contributed by atoms with van der Waals surface area (Å²) in [5.41, 5.74) is 0.295. The Morgan fingerprint density at radius 3 is 3.00 bits per heavy atom. The third kappa shape index (κ3) is 2.41. The van der Waals surface area contributed by atoms with Gasteiger partial charge in [-0.2, -0.15) is 0 Å². The number of ether oxygens (including phenoxy) is 1. The van der Waals surface area contributed by atoms with Crippen LogP contribution < -0.4 is 10.1 Å². The number of phenolic OH excluding ortho intramolecular Hbond substituents is 1. The van der Waals surface area contributed by atoms with Crippen LogP contribution in [0.4, 0.5) is 0 Å². The average molecular weight is 250 g/mol. The molecular weight excluding hydrogens is 232 g/mol. The van der Waals surface area contributed by atoms with Crippen LogP contribution in [-0.2, 0) is 0 Å². The first-order valence-electron chi connectivity index (χ1n) is 6.02. The van der Waals surface area contributed by atoms with E-state index in [0.29, 0.717) is 24.4 Å². The maximum absolute atomic E-state index is 12.3. The van der Waals surface area contributed by atoms with E-state index in [0.717, 1.165) is 6.54 Å². The Kier molecular flexibility index (Phi) is 3.72. The Morgan fingerprint density at radius 2 is 2.33 bits per heavy atom. The maximum Gasteiger partial charge on any atom is 0.257 e.